The minimum absolute atomic E-state index is 0.423. The van der Waals surface area contributed by atoms with Crippen molar-refractivity contribution in [3.63, 3.8) is 0 Å². The summed E-state index contributed by atoms with van der Waals surface area (Å²) in [4.78, 5) is 1.43. The van der Waals surface area contributed by atoms with Crippen molar-refractivity contribution in [2.45, 2.75) is 22.4 Å². The maximum Gasteiger partial charge on any atom is 0.179 e. The van der Waals surface area contributed by atoms with Crippen LogP contribution in [0.2, 0.25) is 0 Å². The van der Waals surface area contributed by atoms with Gasteiger partial charge in [-0.05, 0) is 12.1 Å². The third kappa shape index (κ3) is 3.76. The Bertz CT molecular complexity index is 521. The summed E-state index contributed by atoms with van der Waals surface area (Å²) in [5.74, 6) is 0. The van der Waals surface area contributed by atoms with Crippen molar-refractivity contribution < 1.29 is 20.4 Å². The van der Waals surface area contributed by atoms with Gasteiger partial charge >= 0.3 is 0 Å². The molecule has 0 amide bonds. The Hall–Kier alpha value is -1.02. The van der Waals surface area contributed by atoms with E-state index in [4.69, 9.17) is 0 Å². The molecule has 0 aromatic heterocycles. The van der Waals surface area contributed by atoms with Gasteiger partial charge in [-0.2, -0.15) is 0 Å². The lowest BCUT2D eigenvalue weighted by molar-refractivity contribution is -0.0451. The minimum Gasteiger partial charge on any atom is -0.364 e. The number of aliphatic hydroxyl groups is 4. The summed E-state index contributed by atoms with van der Waals surface area (Å²) >= 11 is 0. The van der Waals surface area contributed by atoms with Gasteiger partial charge in [0.05, 0.1) is 0 Å². The van der Waals surface area contributed by atoms with E-state index in [1.54, 1.807) is 36.4 Å². The first kappa shape index (κ1) is 15.4. The van der Waals surface area contributed by atoms with Gasteiger partial charge in [-0.3, -0.25) is 0 Å². The third-order valence-corrected chi connectivity index (χ3v) is 5.13. The maximum absolute atomic E-state index is 9.30. The Balaban J connectivity index is 2.17. The van der Waals surface area contributed by atoms with E-state index >= 15 is 0 Å². The molecule has 0 atom stereocenters. The van der Waals surface area contributed by atoms with Crippen molar-refractivity contribution in [3.8, 4) is 0 Å². The average molecular weight is 310 g/mol. The van der Waals surface area contributed by atoms with Gasteiger partial charge in [0.25, 0.3) is 0 Å². The molecule has 4 nitrogen and oxygen atoms in total. The normalized spacial score (nSPS) is 11.3. The van der Waals surface area contributed by atoms with Gasteiger partial charge in [0.1, 0.15) is 0 Å². The highest BCUT2D eigenvalue weighted by Gasteiger charge is 2.13. The van der Waals surface area contributed by atoms with Crippen molar-refractivity contribution in [3.05, 3.63) is 59.7 Å². The van der Waals surface area contributed by atoms with Gasteiger partial charge in [-0.25, -0.2) is 0 Å². The number of hydrogen-bond acceptors (Lipinski definition) is 6. The van der Waals surface area contributed by atoms with Gasteiger partial charge in [-0.1, -0.05) is 58.0 Å². The summed E-state index contributed by atoms with van der Waals surface area (Å²) in [6.07, 6.45) is -3.06. The molecule has 0 heterocycles. The molecule has 0 radical (unpaired) electrons. The second kappa shape index (κ2) is 7.12. The third-order valence-electron chi connectivity index (χ3n) is 2.62. The highest BCUT2D eigenvalue weighted by Crippen LogP contribution is 2.42. The molecular weight excluding hydrogens is 296 g/mol. The Morgan fingerprint density at radius 3 is 1.30 bits per heavy atom. The van der Waals surface area contributed by atoms with Crippen molar-refractivity contribution >= 4 is 21.6 Å². The van der Waals surface area contributed by atoms with Crippen LogP contribution in [0.1, 0.15) is 23.7 Å². The van der Waals surface area contributed by atoms with E-state index in [1.165, 1.54) is 21.6 Å². The first-order chi connectivity index (χ1) is 9.59. The van der Waals surface area contributed by atoms with E-state index in [9.17, 15) is 20.4 Å². The highest BCUT2D eigenvalue weighted by atomic mass is 33.1. The van der Waals surface area contributed by atoms with E-state index in [0.717, 1.165) is 9.79 Å². The lowest BCUT2D eigenvalue weighted by Gasteiger charge is -2.12. The second-order valence-electron chi connectivity index (χ2n) is 3.99. The van der Waals surface area contributed by atoms with E-state index in [2.05, 4.69) is 0 Å². The molecule has 0 spiro atoms. The summed E-state index contributed by atoms with van der Waals surface area (Å²) in [5, 5.41) is 37.2. The summed E-state index contributed by atoms with van der Waals surface area (Å²) in [6.45, 7) is 0. The van der Waals surface area contributed by atoms with Crippen LogP contribution in [0, 0.1) is 0 Å². The molecule has 0 saturated carbocycles. The van der Waals surface area contributed by atoms with E-state index in [1.807, 2.05) is 12.1 Å². The molecule has 106 valence electrons. The fourth-order valence-corrected chi connectivity index (χ4v) is 4.07. The summed E-state index contributed by atoms with van der Waals surface area (Å²) in [5.41, 5.74) is 0.846. The first-order valence-corrected chi connectivity index (χ1v) is 7.99. The average Bonchev–Trinajstić information content (AvgIpc) is 2.45. The van der Waals surface area contributed by atoms with Gasteiger partial charge in [0.15, 0.2) is 12.6 Å². The summed E-state index contributed by atoms with van der Waals surface area (Å²) < 4.78 is 0. The van der Waals surface area contributed by atoms with Crippen LogP contribution in [0.3, 0.4) is 0 Å². The largest absolute Gasteiger partial charge is 0.364 e. The molecule has 6 heteroatoms. The smallest absolute Gasteiger partial charge is 0.179 e. The van der Waals surface area contributed by atoms with Crippen molar-refractivity contribution in [2.75, 3.05) is 0 Å². The summed E-state index contributed by atoms with van der Waals surface area (Å²) in [7, 11) is 2.67. The van der Waals surface area contributed by atoms with Crippen LogP contribution in [0.25, 0.3) is 0 Å². The van der Waals surface area contributed by atoms with Crippen LogP contribution in [-0.2, 0) is 0 Å². The Labute approximate surface area is 124 Å². The molecule has 2 aromatic rings. The molecule has 4 N–H and O–H groups in total. The molecule has 0 aliphatic carbocycles. The molecular formula is C14H14O4S2. The van der Waals surface area contributed by atoms with E-state index in [-0.39, 0.29) is 0 Å². The van der Waals surface area contributed by atoms with E-state index < -0.39 is 12.6 Å². The number of hydrogen-bond donors (Lipinski definition) is 4. The number of aliphatic hydroxyl groups excluding tert-OH is 2. The molecule has 0 bridgehead atoms. The maximum atomic E-state index is 9.30. The predicted molar refractivity (Wildman–Crippen MR) is 79.0 cm³/mol. The zero-order valence-corrected chi connectivity index (χ0v) is 12.0. The number of benzene rings is 2. The number of rotatable bonds is 5. The monoisotopic (exact) mass is 310 g/mol. The lowest BCUT2D eigenvalue weighted by atomic mass is 10.2. The molecule has 2 aromatic carbocycles. The molecule has 0 fully saturated rings. The zero-order chi connectivity index (χ0) is 14.5. The van der Waals surface area contributed by atoms with Crippen molar-refractivity contribution in [1.82, 2.24) is 0 Å². The topological polar surface area (TPSA) is 80.9 Å². The summed E-state index contributed by atoms with van der Waals surface area (Å²) in [6, 6.07) is 13.9. The van der Waals surface area contributed by atoms with Crippen LogP contribution in [0.5, 0.6) is 0 Å². The van der Waals surface area contributed by atoms with Crippen LogP contribution < -0.4 is 0 Å². The van der Waals surface area contributed by atoms with Crippen LogP contribution in [0.4, 0.5) is 0 Å². The molecule has 0 aliphatic rings. The van der Waals surface area contributed by atoms with Crippen LogP contribution >= 0.6 is 21.6 Å². The molecule has 0 unspecified atom stereocenters. The standard InChI is InChI=1S/C14H14O4S2/c15-13(16)9-5-1-3-7-11(9)19-20-12-8-4-2-6-10(12)14(17)18/h1-8,13-18H. The van der Waals surface area contributed by atoms with Crippen LogP contribution in [0.15, 0.2) is 58.3 Å². The first-order valence-electron chi connectivity index (χ1n) is 5.84. The second-order valence-corrected chi connectivity index (χ2v) is 6.20. The molecule has 20 heavy (non-hydrogen) atoms. The van der Waals surface area contributed by atoms with E-state index in [0.29, 0.717) is 11.1 Å². The Kier molecular flexibility index (Phi) is 5.47. The molecule has 0 aliphatic heterocycles. The highest BCUT2D eigenvalue weighted by molar-refractivity contribution is 8.76. The SMILES string of the molecule is OC(O)c1ccccc1SSc1ccccc1C(O)O. The minimum atomic E-state index is -1.53. The fraction of sp³-hybridized carbons (Fsp3) is 0.143. The lowest BCUT2D eigenvalue weighted by Crippen LogP contribution is -1.97. The van der Waals surface area contributed by atoms with Crippen molar-refractivity contribution in [1.29, 1.82) is 0 Å². The van der Waals surface area contributed by atoms with Crippen molar-refractivity contribution in [2.24, 2.45) is 0 Å². The fourth-order valence-electron chi connectivity index (χ4n) is 1.63. The van der Waals surface area contributed by atoms with Gasteiger partial charge in [0.2, 0.25) is 0 Å². The van der Waals surface area contributed by atoms with Crippen LogP contribution in [-0.4, -0.2) is 20.4 Å². The molecule has 0 saturated heterocycles. The Morgan fingerprint density at radius 1 is 0.600 bits per heavy atom. The quantitative estimate of drug-likeness (QED) is 0.502. The Morgan fingerprint density at radius 2 is 0.950 bits per heavy atom. The van der Waals surface area contributed by atoms with Gasteiger partial charge in [-0.15, -0.1) is 0 Å². The zero-order valence-electron chi connectivity index (χ0n) is 10.4. The van der Waals surface area contributed by atoms with Gasteiger partial charge < -0.3 is 20.4 Å². The molecule has 2 rings (SSSR count). The predicted octanol–water partition coefficient (Wildman–Crippen LogP) is 2.45. The van der Waals surface area contributed by atoms with Gasteiger partial charge in [0, 0.05) is 20.9 Å².